The topological polar surface area (TPSA) is 78.6 Å². The van der Waals surface area contributed by atoms with Crippen molar-refractivity contribution in [2.45, 2.75) is 25.2 Å². The molecule has 2 aliphatic rings. The molecule has 0 bridgehead atoms. The normalized spacial score (nSPS) is 20.6. The van der Waals surface area contributed by atoms with Crippen molar-refractivity contribution in [1.82, 2.24) is 0 Å². The minimum absolute atomic E-state index is 0.0856. The molecule has 0 fully saturated rings. The summed E-state index contributed by atoms with van der Waals surface area (Å²) in [4.78, 5) is 24.6. The molecule has 0 amide bonds. The van der Waals surface area contributed by atoms with E-state index in [1.807, 2.05) is 0 Å². The minimum atomic E-state index is -1.08. The Bertz CT molecular complexity index is 798. The van der Waals surface area contributed by atoms with E-state index in [1.165, 1.54) is 6.07 Å². The van der Waals surface area contributed by atoms with Crippen molar-refractivity contribution < 1.29 is 27.8 Å². The molecule has 1 aliphatic carbocycles. The second-order valence-corrected chi connectivity index (χ2v) is 5.59. The molecule has 1 heterocycles. The van der Waals surface area contributed by atoms with Crippen molar-refractivity contribution in [3.05, 3.63) is 58.2 Å². The van der Waals surface area contributed by atoms with Crippen molar-refractivity contribution in [2.75, 3.05) is 7.11 Å². The fraction of sp³-hybridized carbons (Fsp3) is 0.294. The Kier molecular flexibility index (Phi) is 4.09. The van der Waals surface area contributed by atoms with Crippen LogP contribution in [0.15, 0.2) is 41.0 Å². The van der Waals surface area contributed by atoms with E-state index in [1.54, 1.807) is 0 Å². The number of esters is 1. The Labute approximate surface area is 136 Å². The van der Waals surface area contributed by atoms with Crippen molar-refractivity contribution in [2.24, 2.45) is 5.73 Å². The predicted octanol–water partition coefficient (Wildman–Crippen LogP) is 2.43. The molecular weight excluding hydrogens is 320 g/mol. The first-order chi connectivity index (χ1) is 11.4. The molecule has 1 aromatic carbocycles. The number of hydrogen-bond acceptors (Lipinski definition) is 5. The minimum Gasteiger partial charge on any atom is -0.465 e. The number of rotatable bonds is 2. The highest BCUT2D eigenvalue weighted by molar-refractivity contribution is 6.03. The summed E-state index contributed by atoms with van der Waals surface area (Å²) in [5.74, 6) is -3.86. The number of nitrogens with two attached hydrogens (primary N) is 1. The number of hydrogen-bond donors (Lipinski definition) is 1. The Morgan fingerprint density at radius 2 is 2.04 bits per heavy atom. The van der Waals surface area contributed by atoms with Crippen LogP contribution in [0, 0.1) is 11.6 Å². The van der Waals surface area contributed by atoms with Gasteiger partial charge in [-0.25, -0.2) is 13.6 Å². The van der Waals surface area contributed by atoms with Gasteiger partial charge in [0.2, 0.25) is 5.88 Å². The van der Waals surface area contributed by atoms with Crippen molar-refractivity contribution >= 4 is 11.8 Å². The van der Waals surface area contributed by atoms with Gasteiger partial charge in [0.15, 0.2) is 17.4 Å². The largest absolute Gasteiger partial charge is 0.465 e. The molecule has 0 aromatic heterocycles. The van der Waals surface area contributed by atoms with E-state index in [4.69, 9.17) is 15.2 Å². The zero-order valence-electron chi connectivity index (χ0n) is 12.9. The van der Waals surface area contributed by atoms with E-state index in [0.717, 1.165) is 19.2 Å². The van der Waals surface area contributed by atoms with Gasteiger partial charge in [-0.15, -0.1) is 0 Å². The molecule has 0 saturated heterocycles. The zero-order chi connectivity index (χ0) is 17.4. The van der Waals surface area contributed by atoms with Gasteiger partial charge in [0.25, 0.3) is 0 Å². The van der Waals surface area contributed by atoms with Crippen LogP contribution in [0.1, 0.15) is 30.7 Å². The maximum atomic E-state index is 13.7. The van der Waals surface area contributed by atoms with Crippen LogP contribution < -0.4 is 5.73 Å². The van der Waals surface area contributed by atoms with Crippen LogP contribution in [-0.4, -0.2) is 18.9 Å². The van der Waals surface area contributed by atoms with E-state index in [2.05, 4.69) is 0 Å². The van der Waals surface area contributed by atoms with Crippen LogP contribution >= 0.6 is 0 Å². The number of allylic oxidation sites excluding steroid dienone is 2. The van der Waals surface area contributed by atoms with Crippen LogP contribution in [0.2, 0.25) is 0 Å². The van der Waals surface area contributed by atoms with Gasteiger partial charge in [-0.1, -0.05) is 6.07 Å². The standard InChI is InChI=1S/C17H15F2NO4/c1-23-17(22)15-13(8-5-6-9(18)10(19)7-8)14-11(21)3-2-4-12(14)24-16(15)20/h5-7,13H,2-4,20H2,1H3/t13-/m1/s1. The summed E-state index contributed by atoms with van der Waals surface area (Å²) in [6, 6.07) is 3.21. The Balaban J connectivity index is 2.21. The van der Waals surface area contributed by atoms with Crippen molar-refractivity contribution in [3.63, 3.8) is 0 Å². The Morgan fingerprint density at radius 3 is 2.71 bits per heavy atom. The zero-order valence-corrected chi connectivity index (χ0v) is 12.9. The fourth-order valence-electron chi connectivity index (χ4n) is 3.09. The molecule has 1 aliphatic heterocycles. The third-order valence-electron chi connectivity index (χ3n) is 4.17. The average Bonchev–Trinajstić information content (AvgIpc) is 2.55. The number of carbonyl (C=O) groups excluding carboxylic acids is 2. The molecule has 1 atom stereocenters. The number of benzene rings is 1. The molecule has 24 heavy (non-hydrogen) atoms. The van der Waals surface area contributed by atoms with Gasteiger partial charge in [-0.3, -0.25) is 4.79 Å². The first kappa shape index (κ1) is 16.2. The summed E-state index contributed by atoms with van der Waals surface area (Å²) in [6.07, 6.45) is 1.37. The van der Waals surface area contributed by atoms with E-state index >= 15 is 0 Å². The van der Waals surface area contributed by atoms with Gasteiger partial charge >= 0.3 is 5.97 Å². The van der Waals surface area contributed by atoms with Crippen molar-refractivity contribution in [1.29, 1.82) is 0 Å². The maximum Gasteiger partial charge on any atom is 0.340 e. The molecular formula is C17H15F2NO4. The first-order valence-electron chi connectivity index (χ1n) is 7.41. The molecule has 0 unspecified atom stereocenters. The summed E-state index contributed by atoms with van der Waals surface area (Å²) in [7, 11) is 1.16. The smallest absolute Gasteiger partial charge is 0.340 e. The highest BCUT2D eigenvalue weighted by atomic mass is 19.2. The van der Waals surface area contributed by atoms with E-state index in [9.17, 15) is 18.4 Å². The third-order valence-corrected chi connectivity index (χ3v) is 4.17. The lowest BCUT2D eigenvalue weighted by Gasteiger charge is -2.32. The van der Waals surface area contributed by atoms with Crippen LogP contribution in [0.3, 0.4) is 0 Å². The number of ketones is 1. The van der Waals surface area contributed by atoms with Gasteiger partial charge in [-0.05, 0) is 24.1 Å². The molecule has 2 N–H and O–H groups in total. The highest BCUT2D eigenvalue weighted by Crippen LogP contribution is 2.44. The van der Waals surface area contributed by atoms with Gasteiger partial charge in [-0.2, -0.15) is 0 Å². The summed E-state index contributed by atoms with van der Waals surface area (Å²) in [5, 5.41) is 0. The summed E-state index contributed by atoms with van der Waals surface area (Å²) < 4.78 is 37.1. The maximum absolute atomic E-state index is 13.7. The average molecular weight is 335 g/mol. The summed E-state index contributed by atoms with van der Waals surface area (Å²) in [6.45, 7) is 0. The summed E-state index contributed by atoms with van der Waals surface area (Å²) >= 11 is 0. The highest BCUT2D eigenvalue weighted by Gasteiger charge is 2.41. The molecule has 0 radical (unpaired) electrons. The molecule has 1 aromatic rings. The van der Waals surface area contributed by atoms with Gasteiger partial charge < -0.3 is 15.2 Å². The Hall–Kier alpha value is -2.70. The quantitative estimate of drug-likeness (QED) is 0.840. The number of methoxy groups -OCH3 is 1. The lowest BCUT2D eigenvalue weighted by molar-refractivity contribution is -0.136. The van der Waals surface area contributed by atoms with Crippen LogP contribution in [0.25, 0.3) is 0 Å². The number of ether oxygens (including phenoxy) is 2. The van der Waals surface area contributed by atoms with Crippen molar-refractivity contribution in [3.8, 4) is 0 Å². The van der Waals surface area contributed by atoms with Gasteiger partial charge in [0, 0.05) is 18.4 Å². The first-order valence-corrected chi connectivity index (χ1v) is 7.41. The number of halogens is 2. The Morgan fingerprint density at radius 1 is 1.29 bits per heavy atom. The van der Waals surface area contributed by atoms with E-state index < -0.39 is 23.5 Å². The van der Waals surface area contributed by atoms with Crippen LogP contribution in [-0.2, 0) is 19.1 Å². The molecule has 5 nitrogen and oxygen atoms in total. The van der Waals surface area contributed by atoms with Crippen LogP contribution in [0.4, 0.5) is 8.78 Å². The van der Waals surface area contributed by atoms with Gasteiger partial charge in [0.1, 0.15) is 11.3 Å². The fourth-order valence-corrected chi connectivity index (χ4v) is 3.09. The third kappa shape index (κ3) is 2.55. The van der Waals surface area contributed by atoms with Crippen LogP contribution in [0.5, 0.6) is 0 Å². The molecule has 7 heteroatoms. The molecule has 3 rings (SSSR count). The van der Waals surface area contributed by atoms with Gasteiger partial charge in [0.05, 0.1) is 13.0 Å². The lowest BCUT2D eigenvalue weighted by atomic mass is 9.77. The summed E-state index contributed by atoms with van der Waals surface area (Å²) in [5.41, 5.74) is 6.25. The van der Waals surface area contributed by atoms with E-state index in [-0.39, 0.29) is 34.8 Å². The second kappa shape index (κ2) is 6.07. The number of carbonyl (C=O) groups is 2. The monoisotopic (exact) mass is 335 g/mol. The second-order valence-electron chi connectivity index (χ2n) is 5.59. The SMILES string of the molecule is COC(=O)C1=C(N)OC2=C(C(=O)CCC2)[C@H]1c1ccc(F)c(F)c1. The molecule has 126 valence electrons. The lowest BCUT2D eigenvalue weighted by Crippen LogP contribution is -2.31. The molecule has 0 spiro atoms. The molecule has 0 saturated carbocycles. The predicted molar refractivity (Wildman–Crippen MR) is 79.3 cm³/mol. The number of Topliss-reactive ketones (excluding diaryl/α,β-unsaturated/α-hetero) is 1. The van der Waals surface area contributed by atoms with E-state index in [0.29, 0.717) is 18.6 Å².